The summed E-state index contributed by atoms with van der Waals surface area (Å²) in [7, 11) is 1.55. The average molecular weight is 383 g/mol. The Morgan fingerprint density at radius 3 is 2.43 bits per heavy atom. The Kier molecular flexibility index (Phi) is 7.14. The van der Waals surface area contributed by atoms with Gasteiger partial charge in [0, 0.05) is 31.4 Å². The monoisotopic (exact) mass is 383 g/mol. The molecule has 3 N–H and O–H groups in total. The number of amides is 3. The van der Waals surface area contributed by atoms with Crippen molar-refractivity contribution < 1.29 is 19.5 Å². The standard InChI is InChI=1S/C21H25N3O4/c1-14-7-9-17(10-8-14)19(25)23-18-6-4-5-16(11-18)12-22-21(28)24(3)13-15(2)20(26)27/h4-11,15H,12-13H2,1-3H3,(H,22,28)(H,23,25)(H,26,27). The lowest BCUT2D eigenvalue weighted by atomic mass is 10.1. The third kappa shape index (κ3) is 6.12. The molecular weight excluding hydrogens is 358 g/mol. The van der Waals surface area contributed by atoms with Gasteiger partial charge in [0.25, 0.3) is 5.91 Å². The summed E-state index contributed by atoms with van der Waals surface area (Å²) in [4.78, 5) is 36.6. The zero-order chi connectivity index (χ0) is 20.7. The molecule has 3 amide bonds. The van der Waals surface area contributed by atoms with Crippen LogP contribution in [0.4, 0.5) is 10.5 Å². The second-order valence-corrected chi connectivity index (χ2v) is 6.80. The number of nitrogens with one attached hydrogen (secondary N) is 2. The number of carboxylic acids is 1. The molecule has 0 saturated carbocycles. The SMILES string of the molecule is Cc1ccc(C(=O)Nc2cccc(CNC(=O)N(C)CC(C)C(=O)O)c2)cc1. The zero-order valence-electron chi connectivity index (χ0n) is 16.2. The van der Waals surface area contributed by atoms with E-state index in [1.807, 2.05) is 25.1 Å². The second-order valence-electron chi connectivity index (χ2n) is 6.80. The minimum Gasteiger partial charge on any atom is -0.481 e. The summed E-state index contributed by atoms with van der Waals surface area (Å²) in [5, 5.41) is 14.5. The molecule has 28 heavy (non-hydrogen) atoms. The number of anilines is 1. The van der Waals surface area contributed by atoms with Crippen LogP contribution in [0.1, 0.15) is 28.4 Å². The van der Waals surface area contributed by atoms with Gasteiger partial charge in [-0.3, -0.25) is 9.59 Å². The number of nitrogens with zero attached hydrogens (tertiary/aromatic N) is 1. The van der Waals surface area contributed by atoms with Crippen LogP contribution in [0, 0.1) is 12.8 Å². The Balaban J connectivity index is 1.92. The first-order valence-electron chi connectivity index (χ1n) is 8.95. The molecule has 1 unspecified atom stereocenters. The highest BCUT2D eigenvalue weighted by atomic mass is 16.4. The largest absolute Gasteiger partial charge is 0.481 e. The second kappa shape index (κ2) is 9.55. The summed E-state index contributed by atoms with van der Waals surface area (Å²) in [6, 6.07) is 14.1. The molecule has 2 aromatic rings. The minimum absolute atomic E-state index is 0.119. The third-order valence-corrected chi connectivity index (χ3v) is 4.26. The van der Waals surface area contributed by atoms with Crippen molar-refractivity contribution in [1.29, 1.82) is 0 Å². The van der Waals surface area contributed by atoms with E-state index >= 15 is 0 Å². The smallest absolute Gasteiger partial charge is 0.317 e. The first-order chi connectivity index (χ1) is 13.3. The lowest BCUT2D eigenvalue weighted by molar-refractivity contribution is -0.141. The molecule has 2 rings (SSSR count). The fraction of sp³-hybridized carbons (Fsp3) is 0.286. The van der Waals surface area contributed by atoms with Crippen LogP contribution in [0.2, 0.25) is 0 Å². The van der Waals surface area contributed by atoms with Crippen LogP contribution in [0.3, 0.4) is 0 Å². The highest BCUT2D eigenvalue weighted by Crippen LogP contribution is 2.13. The van der Waals surface area contributed by atoms with E-state index < -0.39 is 11.9 Å². The third-order valence-electron chi connectivity index (χ3n) is 4.26. The van der Waals surface area contributed by atoms with Crippen LogP contribution in [-0.4, -0.2) is 41.5 Å². The van der Waals surface area contributed by atoms with E-state index in [2.05, 4.69) is 10.6 Å². The molecular formula is C21H25N3O4. The molecule has 0 heterocycles. The molecule has 1 atom stereocenters. The van der Waals surface area contributed by atoms with Crippen LogP contribution in [0.5, 0.6) is 0 Å². The van der Waals surface area contributed by atoms with Gasteiger partial charge in [-0.2, -0.15) is 0 Å². The molecule has 0 aliphatic carbocycles. The molecule has 0 aromatic heterocycles. The van der Waals surface area contributed by atoms with Gasteiger partial charge in [-0.05, 0) is 36.8 Å². The number of aliphatic carboxylic acids is 1. The fourth-order valence-corrected chi connectivity index (χ4v) is 2.55. The topological polar surface area (TPSA) is 98.7 Å². The number of hydrogen-bond acceptors (Lipinski definition) is 3. The van der Waals surface area contributed by atoms with Crippen molar-refractivity contribution in [2.75, 3.05) is 18.9 Å². The fourth-order valence-electron chi connectivity index (χ4n) is 2.55. The summed E-state index contributed by atoms with van der Waals surface area (Å²) < 4.78 is 0. The molecule has 7 nitrogen and oxygen atoms in total. The van der Waals surface area contributed by atoms with Crippen molar-refractivity contribution in [1.82, 2.24) is 10.2 Å². The number of aryl methyl sites for hydroxylation is 1. The quantitative estimate of drug-likeness (QED) is 0.684. The van der Waals surface area contributed by atoms with Gasteiger partial charge in [0.05, 0.1) is 5.92 Å². The molecule has 7 heteroatoms. The van der Waals surface area contributed by atoms with E-state index in [4.69, 9.17) is 5.11 Å². The molecule has 0 saturated heterocycles. The summed E-state index contributed by atoms with van der Waals surface area (Å²) >= 11 is 0. The Morgan fingerprint density at radius 1 is 1.11 bits per heavy atom. The van der Waals surface area contributed by atoms with Crippen molar-refractivity contribution in [3.05, 3.63) is 65.2 Å². The molecule has 0 aliphatic heterocycles. The molecule has 148 valence electrons. The van der Waals surface area contributed by atoms with Crippen molar-refractivity contribution in [2.45, 2.75) is 20.4 Å². The Hall–Kier alpha value is -3.35. The van der Waals surface area contributed by atoms with Crippen molar-refractivity contribution in [2.24, 2.45) is 5.92 Å². The maximum atomic E-state index is 12.3. The van der Waals surface area contributed by atoms with Gasteiger partial charge in [-0.15, -0.1) is 0 Å². The number of benzene rings is 2. The minimum atomic E-state index is -0.948. The van der Waals surface area contributed by atoms with E-state index in [1.165, 1.54) is 4.90 Å². The lowest BCUT2D eigenvalue weighted by Crippen LogP contribution is -2.40. The van der Waals surface area contributed by atoms with Gasteiger partial charge in [-0.25, -0.2) is 4.79 Å². The van der Waals surface area contributed by atoms with Gasteiger partial charge >= 0.3 is 12.0 Å². The Labute approximate surface area is 164 Å². The summed E-state index contributed by atoms with van der Waals surface area (Å²) in [6.45, 7) is 3.89. The number of carboxylic acid groups (broad SMARTS) is 1. The van der Waals surface area contributed by atoms with E-state index in [1.54, 1.807) is 44.3 Å². The predicted octanol–water partition coefficient (Wildman–Crippen LogP) is 3.11. The van der Waals surface area contributed by atoms with Gasteiger partial charge < -0.3 is 20.6 Å². The Morgan fingerprint density at radius 2 is 1.79 bits per heavy atom. The maximum absolute atomic E-state index is 12.3. The van der Waals surface area contributed by atoms with Crippen LogP contribution in [-0.2, 0) is 11.3 Å². The summed E-state index contributed by atoms with van der Waals surface area (Å²) in [5.74, 6) is -1.80. The highest BCUT2D eigenvalue weighted by molar-refractivity contribution is 6.04. The van der Waals surface area contributed by atoms with E-state index in [-0.39, 0.29) is 25.0 Å². The van der Waals surface area contributed by atoms with Crippen molar-refractivity contribution in [3.8, 4) is 0 Å². The van der Waals surface area contributed by atoms with Crippen LogP contribution in [0.15, 0.2) is 48.5 Å². The first-order valence-corrected chi connectivity index (χ1v) is 8.95. The number of rotatable bonds is 7. The van der Waals surface area contributed by atoms with E-state index in [0.29, 0.717) is 11.3 Å². The Bertz CT molecular complexity index is 849. The normalized spacial score (nSPS) is 11.4. The van der Waals surface area contributed by atoms with Crippen molar-refractivity contribution in [3.63, 3.8) is 0 Å². The lowest BCUT2D eigenvalue weighted by Gasteiger charge is -2.20. The average Bonchev–Trinajstić information content (AvgIpc) is 2.66. The number of urea groups is 1. The highest BCUT2D eigenvalue weighted by Gasteiger charge is 2.17. The summed E-state index contributed by atoms with van der Waals surface area (Å²) in [6.07, 6.45) is 0. The summed E-state index contributed by atoms with van der Waals surface area (Å²) in [5.41, 5.74) is 3.09. The van der Waals surface area contributed by atoms with E-state index in [0.717, 1.165) is 11.1 Å². The first kappa shape index (κ1) is 21.0. The van der Waals surface area contributed by atoms with Crippen molar-refractivity contribution >= 4 is 23.6 Å². The molecule has 0 spiro atoms. The van der Waals surface area contributed by atoms with E-state index in [9.17, 15) is 14.4 Å². The number of hydrogen-bond donors (Lipinski definition) is 3. The number of carbonyl (C=O) groups excluding carboxylic acids is 2. The van der Waals surface area contributed by atoms with Crippen LogP contribution < -0.4 is 10.6 Å². The molecule has 0 radical (unpaired) electrons. The van der Waals surface area contributed by atoms with Gasteiger partial charge in [0.1, 0.15) is 0 Å². The van der Waals surface area contributed by atoms with Gasteiger partial charge in [-0.1, -0.05) is 36.8 Å². The molecule has 2 aromatic carbocycles. The maximum Gasteiger partial charge on any atom is 0.317 e. The molecule has 0 aliphatic rings. The molecule has 0 bridgehead atoms. The predicted molar refractivity (Wildman–Crippen MR) is 107 cm³/mol. The van der Waals surface area contributed by atoms with Gasteiger partial charge in [0.15, 0.2) is 0 Å². The van der Waals surface area contributed by atoms with Crippen LogP contribution in [0.25, 0.3) is 0 Å². The van der Waals surface area contributed by atoms with Crippen LogP contribution >= 0.6 is 0 Å². The zero-order valence-corrected chi connectivity index (χ0v) is 16.2. The van der Waals surface area contributed by atoms with Gasteiger partial charge in [0.2, 0.25) is 0 Å². The molecule has 0 fully saturated rings. The number of carbonyl (C=O) groups is 3.